The van der Waals surface area contributed by atoms with Crippen LogP contribution in [0.15, 0.2) is 24.3 Å². The van der Waals surface area contributed by atoms with Crippen LogP contribution >= 0.6 is 0 Å². The van der Waals surface area contributed by atoms with E-state index in [-0.39, 0.29) is 0 Å². The maximum atomic E-state index is 6.11. The standard InChI is InChI=1S/C18H29NO/c1-13(2)19-12-15(18(3,4)5)11-16-10-14-8-6-7-9-17(14)20-16/h6-9,13,15-16,19H,10-12H2,1-5H3. The Morgan fingerprint density at radius 3 is 2.55 bits per heavy atom. The highest BCUT2D eigenvalue weighted by molar-refractivity contribution is 5.37. The van der Waals surface area contributed by atoms with Crippen molar-refractivity contribution in [1.82, 2.24) is 5.32 Å². The van der Waals surface area contributed by atoms with Gasteiger partial charge in [-0.05, 0) is 35.9 Å². The predicted octanol–water partition coefficient (Wildman–Crippen LogP) is 4.04. The first-order chi connectivity index (χ1) is 9.36. The van der Waals surface area contributed by atoms with E-state index in [1.165, 1.54) is 5.56 Å². The Balaban J connectivity index is 1.96. The van der Waals surface area contributed by atoms with Crippen molar-refractivity contribution in [1.29, 1.82) is 0 Å². The van der Waals surface area contributed by atoms with Gasteiger partial charge in [0.25, 0.3) is 0 Å². The molecule has 2 heteroatoms. The zero-order chi connectivity index (χ0) is 14.8. The number of hydrogen-bond acceptors (Lipinski definition) is 2. The van der Waals surface area contributed by atoms with Crippen LogP contribution in [0.5, 0.6) is 5.75 Å². The van der Waals surface area contributed by atoms with Crippen molar-refractivity contribution >= 4 is 0 Å². The average Bonchev–Trinajstić information content (AvgIpc) is 2.75. The van der Waals surface area contributed by atoms with Crippen LogP contribution in [0.4, 0.5) is 0 Å². The fraction of sp³-hybridized carbons (Fsp3) is 0.667. The van der Waals surface area contributed by atoms with E-state index in [0.29, 0.717) is 23.5 Å². The van der Waals surface area contributed by atoms with Crippen LogP contribution in [0.25, 0.3) is 0 Å². The van der Waals surface area contributed by atoms with Gasteiger partial charge in [0.05, 0.1) is 0 Å². The first kappa shape index (κ1) is 15.4. The molecule has 2 atom stereocenters. The van der Waals surface area contributed by atoms with E-state index in [0.717, 1.165) is 25.1 Å². The molecule has 0 saturated heterocycles. The van der Waals surface area contributed by atoms with Gasteiger partial charge in [-0.15, -0.1) is 0 Å². The van der Waals surface area contributed by atoms with Crippen LogP contribution in [0, 0.1) is 11.3 Å². The second kappa shape index (κ2) is 6.17. The molecule has 2 unspecified atom stereocenters. The average molecular weight is 275 g/mol. The molecule has 1 aromatic carbocycles. The van der Waals surface area contributed by atoms with Crippen LogP contribution in [0.2, 0.25) is 0 Å². The summed E-state index contributed by atoms with van der Waals surface area (Å²) in [4.78, 5) is 0. The largest absolute Gasteiger partial charge is 0.490 e. The third-order valence-electron chi connectivity index (χ3n) is 4.26. The quantitative estimate of drug-likeness (QED) is 0.875. The summed E-state index contributed by atoms with van der Waals surface area (Å²) >= 11 is 0. The summed E-state index contributed by atoms with van der Waals surface area (Å²) in [7, 11) is 0. The van der Waals surface area contributed by atoms with Gasteiger partial charge in [-0.3, -0.25) is 0 Å². The maximum Gasteiger partial charge on any atom is 0.123 e. The number of fused-ring (bicyclic) bond motifs is 1. The van der Waals surface area contributed by atoms with Gasteiger partial charge in [-0.25, -0.2) is 0 Å². The molecule has 0 amide bonds. The Labute approximate surface area is 123 Å². The molecule has 1 aliphatic heterocycles. The Kier molecular flexibility index (Phi) is 4.74. The van der Waals surface area contributed by atoms with Gasteiger partial charge in [0.15, 0.2) is 0 Å². The van der Waals surface area contributed by atoms with E-state index in [2.05, 4.69) is 64.2 Å². The van der Waals surface area contributed by atoms with Crippen LogP contribution in [-0.2, 0) is 6.42 Å². The van der Waals surface area contributed by atoms with Crippen molar-refractivity contribution in [3.05, 3.63) is 29.8 Å². The lowest BCUT2D eigenvalue weighted by atomic mass is 9.77. The van der Waals surface area contributed by atoms with Gasteiger partial charge >= 0.3 is 0 Å². The number of hydrogen-bond donors (Lipinski definition) is 1. The Morgan fingerprint density at radius 2 is 1.95 bits per heavy atom. The molecule has 1 aliphatic rings. The van der Waals surface area contributed by atoms with Crippen LogP contribution in [0.3, 0.4) is 0 Å². The summed E-state index contributed by atoms with van der Waals surface area (Å²) in [6.45, 7) is 12.5. The maximum absolute atomic E-state index is 6.11. The summed E-state index contributed by atoms with van der Waals surface area (Å²) in [6.07, 6.45) is 2.52. The molecule has 2 rings (SSSR count). The van der Waals surface area contributed by atoms with Crippen LogP contribution < -0.4 is 10.1 Å². The number of benzene rings is 1. The molecular weight excluding hydrogens is 246 g/mol. The molecule has 112 valence electrons. The van der Waals surface area contributed by atoms with Crippen molar-refractivity contribution in [2.24, 2.45) is 11.3 Å². The van der Waals surface area contributed by atoms with E-state index in [1.54, 1.807) is 0 Å². The van der Waals surface area contributed by atoms with Gasteiger partial charge in [0, 0.05) is 12.5 Å². The molecule has 20 heavy (non-hydrogen) atoms. The first-order valence-corrected chi connectivity index (χ1v) is 7.84. The van der Waals surface area contributed by atoms with Crippen molar-refractivity contribution in [2.45, 2.75) is 59.6 Å². The molecule has 1 aromatic rings. The SMILES string of the molecule is CC(C)NCC(CC1Cc2ccccc2O1)C(C)(C)C. The topological polar surface area (TPSA) is 21.3 Å². The van der Waals surface area contributed by atoms with Crippen molar-refractivity contribution in [3.8, 4) is 5.75 Å². The first-order valence-electron chi connectivity index (χ1n) is 7.84. The summed E-state index contributed by atoms with van der Waals surface area (Å²) < 4.78 is 6.11. The van der Waals surface area contributed by atoms with Gasteiger partial charge in [-0.2, -0.15) is 0 Å². The number of para-hydroxylation sites is 1. The lowest BCUT2D eigenvalue weighted by Gasteiger charge is -2.33. The van der Waals surface area contributed by atoms with E-state index in [9.17, 15) is 0 Å². The minimum absolute atomic E-state index is 0.306. The van der Waals surface area contributed by atoms with Crippen molar-refractivity contribution in [3.63, 3.8) is 0 Å². The number of ether oxygens (including phenoxy) is 1. The molecule has 0 saturated carbocycles. The van der Waals surface area contributed by atoms with E-state index in [1.807, 2.05) is 0 Å². The highest BCUT2D eigenvalue weighted by Gasteiger charge is 2.31. The summed E-state index contributed by atoms with van der Waals surface area (Å²) in [6, 6.07) is 8.98. The zero-order valence-corrected chi connectivity index (χ0v) is 13.6. The third-order valence-corrected chi connectivity index (χ3v) is 4.26. The molecule has 0 bridgehead atoms. The Morgan fingerprint density at radius 1 is 1.25 bits per heavy atom. The van der Waals surface area contributed by atoms with E-state index < -0.39 is 0 Å². The minimum atomic E-state index is 0.306. The number of rotatable bonds is 5. The van der Waals surface area contributed by atoms with Crippen LogP contribution in [-0.4, -0.2) is 18.7 Å². The van der Waals surface area contributed by atoms with Gasteiger partial charge < -0.3 is 10.1 Å². The van der Waals surface area contributed by atoms with Crippen molar-refractivity contribution in [2.75, 3.05) is 6.54 Å². The molecule has 0 fully saturated rings. The second-order valence-corrected chi connectivity index (χ2v) is 7.41. The molecule has 1 N–H and O–H groups in total. The number of nitrogens with one attached hydrogen (secondary N) is 1. The Hall–Kier alpha value is -1.02. The summed E-state index contributed by atoms with van der Waals surface area (Å²) in [5.41, 5.74) is 1.67. The second-order valence-electron chi connectivity index (χ2n) is 7.41. The zero-order valence-electron chi connectivity index (χ0n) is 13.6. The van der Waals surface area contributed by atoms with Gasteiger partial charge in [0.2, 0.25) is 0 Å². The molecule has 2 nitrogen and oxygen atoms in total. The highest BCUT2D eigenvalue weighted by atomic mass is 16.5. The smallest absolute Gasteiger partial charge is 0.123 e. The molecule has 0 spiro atoms. The lowest BCUT2D eigenvalue weighted by molar-refractivity contribution is 0.132. The fourth-order valence-electron chi connectivity index (χ4n) is 2.82. The summed E-state index contributed by atoms with van der Waals surface area (Å²) in [5.74, 6) is 1.71. The molecule has 0 radical (unpaired) electrons. The fourth-order valence-corrected chi connectivity index (χ4v) is 2.82. The van der Waals surface area contributed by atoms with E-state index in [4.69, 9.17) is 4.74 Å². The Bertz CT molecular complexity index is 408. The van der Waals surface area contributed by atoms with E-state index >= 15 is 0 Å². The predicted molar refractivity (Wildman–Crippen MR) is 85.3 cm³/mol. The lowest BCUT2D eigenvalue weighted by Crippen LogP contribution is -2.37. The van der Waals surface area contributed by atoms with Crippen LogP contribution in [0.1, 0.15) is 46.6 Å². The molecule has 1 heterocycles. The van der Waals surface area contributed by atoms with Gasteiger partial charge in [0.1, 0.15) is 11.9 Å². The summed E-state index contributed by atoms with van der Waals surface area (Å²) in [5, 5.41) is 3.59. The third kappa shape index (κ3) is 3.99. The van der Waals surface area contributed by atoms with Crippen molar-refractivity contribution < 1.29 is 4.74 Å². The van der Waals surface area contributed by atoms with Gasteiger partial charge in [-0.1, -0.05) is 52.8 Å². The monoisotopic (exact) mass is 275 g/mol. The molecule has 0 aliphatic carbocycles. The minimum Gasteiger partial charge on any atom is -0.490 e. The normalized spacial score (nSPS) is 19.8. The highest BCUT2D eigenvalue weighted by Crippen LogP contribution is 2.35. The molecule has 0 aromatic heterocycles. The molecular formula is C18H29NO.